The molecule has 0 spiro atoms. The summed E-state index contributed by atoms with van der Waals surface area (Å²) in [6.07, 6.45) is 0. The number of para-hydroxylation sites is 1. The van der Waals surface area contributed by atoms with Crippen molar-refractivity contribution in [3.63, 3.8) is 0 Å². The van der Waals surface area contributed by atoms with Crippen molar-refractivity contribution in [2.24, 2.45) is 0 Å². The third kappa shape index (κ3) is 7.02. The van der Waals surface area contributed by atoms with E-state index < -0.39 is 0 Å². The summed E-state index contributed by atoms with van der Waals surface area (Å²) in [5, 5.41) is 2.49. The van der Waals surface area contributed by atoms with Crippen molar-refractivity contribution < 1.29 is 0 Å². The van der Waals surface area contributed by atoms with Gasteiger partial charge in [-0.2, -0.15) is 0 Å². The molecular weight excluding hydrogens is 797 g/mol. The van der Waals surface area contributed by atoms with Crippen LogP contribution in [0.2, 0.25) is 0 Å². The highest BCUT2D eigenvalue weighted by atomic mass is 15.1. The number of hydrogen-bond acceptors (Lipinski definition) is 1. The Hall–Kier alpha value is -8.72. The average Bonchev–Trinajstić information content (AvgIpc) is 3.75. The molecule has 2 aromatic heterocycles. The molecule has 0 atom stereocenters. The quantitative estimate of drug-likeness (QED) is 0.140. The third-order valence-electron chi connectivity index (χ3n) is 13.0. The highest BCUT2D eigenvalue weighted by Crippen LogP contribution is 2.42. The first-order valence-corrected chi connectivity index (χ1v) is 22.7. The Morgan fingerprint density at radius 2 is 0.576 bits per heavy atom. The molecule has 0 bridgehead atoms. The molecule has 12 rings (SSSR count). The summed E-state index contributed by atoms with van der Waals surface area (Å²) < 4.78 is 2.44. The van der Waals surface area contributed by atoms with Crippen molar-refractivity contribution in [1.29, 1.82) is 0 Å². The van der Waals surface area contributed by atoms with Gasteiger partial charge < -0.3 is 9.30 Å². The van der Waals surface area contributed by atoms with Gasteiger partial charge >= 0.3 is 0 Å². The third-order valence-corrected chi connectivity index (χ3v) is 13.0. The lowest BCUT2D eigenvalue weighted by atomic mass is 9.94. The fraction of sp³-hybridized carbons (Fsp3) is 0. The van der Waals surface area contributed by atoms with Crippen LogP contribution in [0.1, 0.15) is 0 Å². The van der Waals surface area contributed by atoms with Gasteiger partial charge in [0.2, 0.25) is 0 Å². The average molecular weight is 841 g/mol. The lowest BCUT2D eigenvalue weighted by Gasteiger charge is -2.26. The second-order valence-electron chi connectivity index (χ2n) is 16.9. The minimum Gasteiger partial charge on any atom is -0.311 e. The van der Waals surface area contributed by atoms with E-state index in [1.807, 2.05) is 0 Å². The first kappa shape index (κ1) is 38.9. The second kappa shape index (κ2) is 16.8. The van der Waals surface area contributed by atoms with Crippen molar-refractivity contribution in [2.45, 2.75) is 0 Å². The Bertz CT molecular complexity index is 3630. The summed E-state index contributed by atoms with van der Waals surface area (Å²) in [7, 11) is 0. The van der Waals surface area contributed by atoms with Crippen molar-refractivity contribution in [1.82, 2.24) is 4.40 Å². The lowest BCUT2D eigenvalue weighted by molar-refractivity contribution is 1.28. The first-order chi connectivity index (χ1) is 32.7. The fourth-order valence-corrected chi connectivity index (χ4v) is 9.84. The smallest absolute Gasteiger partial charge is 0.0547 e. The molecule has 310 valence electrons. The zero-order valence-corrected chi connectivity index (χ0v) is 36.3. The number of benzene rings is 10. The van der Waals surface area contributed by atoms with Crippen LogP contribution in [0, 0.1) is 0 Å². The van der Waals surface area contributed by atoms with E-state index >= 15 is 0 Å². The van der Waals surface area contributed by atoms with E-state index in [0.717, 1.165) is 17.1 Å². The molecule has 0 aliphatic heterocycles. The standard InChI is InChI=1S/C64H44N2/c1-4-15-45(16-5-1)47-31-37-53(38-32-47)65(55-41-35-51(36-42-55)57-22-11-10-21-56(57)49-17-6-2-7-18-49)54-39-33-48(34-40-54)46-27-29-50(30-28-46)58-24-14-26-61-59(58)43-44-63-64(52-19-8-3-9-20-52)60-23-12-13-25-62(60)66(61)63/h1-44H. The minimum atomic E-state index is 1.09. The summed E-state index contributed by atoms with van der Waals surface area (Å²) in [5.74, 6) is 0. The second-order valence-corrected chi connectivity index (χ2v) is 16.9. The summed E-state index contributed by atoms with van der Waals surface area (Å²) >= 11 is 0. The van der Waals surface area contributed by atoms with Crippen molar-refractivity contribution in [3.8, 4) is 66.8 Å². The van der Waals surface area contributed by atoms with Gasteiger partial charge in [-0.15, -0.1) is 0 Å². The van der Waals surface area contributed by atoms with Crippen LogP contribution in [0.15, 0.2) is 267 Å². The summed E-state index contributed by atoms with van der Waals surface area (Å²) in [5.41, 5.74) is 21.4. The molecular formula is C64H44N2. The maximum absolute atomic E-state index is 2.44. The first-order valence-electron chi connectivity index (χ1n) is 22.7. The maximum Gasteiger partial charge on any atom is 0.0547 e. The number of nitrogens with zero attached hydrogens (tertiary/aromatic N) is 2. The molecule has 2 heteroatoms. The van der Waals surface area contributed by atoms with Crippen LogP contribution in [0.3, 0.4) is 0 Å². The summed E-state index contributed by atoms with van der Waals surface area (Å²) in [6.45, 7) is 0. The van der Waals surface area contributed by atoms with Crippen LogP contribution < -0.4 is 4.90 Å². The Labute approximate surface area is 385 Å². The molecule has 0 aliphatic rings. The summed E-state index contributed by atoms with van der Waals surface area (Å²) in [6, 6.07) is 96.6. The molecule has 66 heavy (non-hydrogen) atoms. The molecule has 0 N–H and O–H groups in total. The van der Waals surface area contributed by atoms with Gasteiger partial charge in [0.1, 0.15) is 0 Å². The van der Waals surface area contributed by atoms with Crippen LogP contribution in [0.4, 0.5) is 17.1 Å². The zero-order valence-electron chi connectivity index (χ0n) is 36.3. The summed E-state index contributed by atoms with van der Waals surface area (Å²) in [4.78, 5) is 2.35. The fourth-order valence-electron chi connectivity index (χ4n) is 9.84. The molecule has 2 nitrogen and oxygen atoms in total. The van der Waals surface area contributed by atoms with Gasteiger partial charge in [-0.05, 0) is 116 Å². The van der Waals surface area contributed by atoms with Gasteiger partial charge in [0, 0.05) is 33.4 Å². The molecule has 0 saturated carbocycles. The normalized spacial score (nSPS) is 11.3. The topological polar surface area (TPSA) is 7.65 Å². The SMILES string of the molecule is c1ccc(-c2ccc(N(c3ccc(-c4ccc(-c5cccc6c5ccc5c(-c7ccccc7)c7ccccc7n56)cc4)cc3)c3ccc(-c4ccccc4-c4ccccc4)cc3)cc2)cc1. The van der Waals surface area contributed by atoms with E-state index in [9.17, 15) is 0 Å². The highest BCUT2D eigenvalue weighted by molar-refractivity contribution is 6.10. The van der Waals surface area contributed by atoms with E-state index in [4.69, 9.17) is 0 Å². The van der Waals surface area contributed by atoms with Crippen molar-refractivity contribution in [2.75, 3.05) is 4.90 Å². The molecule has 0 amide bonds. The van der Waals surface area contributed by atoms with Crippen LogP contribution in [0.25, 0.3) is 94.1 Å². The van der Waals surface area contributed by atoms with Gasteiger partial charge in [-0.25, -0.2) is 0 Å². The number of aromatic nitrogens is 1. The van der Waals surface area contributed by atoms with Crippen LogP contribution >= 0.6 is 0 Å². The molecule has 10 aromatic carbocycles. The Kier molecular flexibility index (Phi) is 9.89. The molecule has 0 fully saturated rings. The zero-order chi connectivity index (χ0) is 43.8. The van der Waals surface area contributed by atoms with E-state index in [1.54, 1.807) is 0 Å². The number of hydrogen-bond donors (Lipinski definition) is 0. The number of anilines is 3. The van der Waals surface area contributed by atoms with Gasteiger partial charge in [-0.3, -0.25) is 0 Å². The highest BCUT2D eigenvalue weighted by Gasteiger charge is 2.18. The van der Waals surface area contributed by atoms with Crippen molar-refractivity contribution >= 4 is 44.4 Å². The van der Waals surface area contributed by atoms with Crippen LogP contribution in [0.5, 0.6) is 0 Å². The molecule has 0 aliphatic carbocycles. The van der Waals surface area contributed by atoms with E-state index in [1.165, 1.54) is 94.1 Å². The van der Waals surface area contributed by atoms with Gasteiger partial charge in [-0.1, -0.05) is 212 Å². The van der Waals surface area contributed by atoms with Crippen LogP contribution in [-0.2, 0) is 0 Å². The predicted octanol–water partition coefficient (Wildman–Crippen LogP) is 17.7. The Balaban J connectivity index is 0.877. The monoisotopic (exact) mass is 840 g/mol. The maximum atomic E-state index is 2.44. The number of rotatable bonds is 9. The molecule has 0 unspecified atom stereocenters. The number of fused-ring (bicyclic) bond motifs is 5. The lowest BCUT2D eigenvalue weighted by Crippen LogP contribution is -2.09. The van der Waals surface area contributed by atoms with E-state index in [0.29, 0.717) is 0 Å². The van der Waals surface area contributed by atoms with Gasteiger partial charge in [0.15, 0.2) is 0 Å². The predicted molar refractivity (Wildman–Crippen MR) is 280 cm³/mol. The van der Waals surface area contributed by atoms with Crippen molar-refractivity contribution in [3.05, 3.63) is 267 Å². The van der Waals surface area contributed by atoms with E-state index in [-0.39, 0.29) is 0 Å². The molecule has 0 radical (unpaired) electrons. The molecule has 0 saturated heterocycles. The molecule has 12 aromatic rings. The Morgan fingerprint density at radius 3 is 1.15 bits per heavy atom. The molecule has 2 heterocycles. The largest absolute Gasteiger partial charge is 0.311 e. The Morgan fingerprint density at radius 1 is 0.212 bits per heavy atom. The van der Waals surface area contributed by atoms with Gasteiger partial charge in [0.25, 0.3) is 0 Å². The van der Waals surface area contributed by atoms with Crippen LogP contribution in [-0.4, -0.2) is 4.40 Å². The van der Waals surface area contributed by atoms with E-state index in [2.05, 4.69) is 276 Å². The number of pyridine rings is 1. The minimum absolute atomic E-state index is 1.09. The van der Waals surface area contributed by atoms with Gasteiger partial charge in [0.05, 0.1) is 16.6 Å².